The molecule has 1 aliphatic rings. The van der Waals surface area contributed by atoms with Crippen LogP contribution in [0.3, 0.4) is 0 Å². The highest BCUT2D eigenvalue weighted by molar-refractivity contribution is 6.11. The van der Waals surface area contributed by atoms with Gasteiger partial charge < -0.3 is 10.2 Å². The van der Waals surface area contributed by atoms with Crippen LogP contribution in [0.25, 0.3) is 0 Å². The molecule has 0 aliphatic carbocycles. The molecule has 90 valence electrons. The van der Waals surface area contributed by atoms with E-state index in [1.54, 1.807) is 13.1 Å². The second kappa shape index (κ2) is 3.80. The van der Waals surface area contributed by atoms with Crippen LogP contribution in [0.1, 0.15) is 21.4 Å². The molecule has 5 heteroatoms. The number of hydrogen-bond donors (Lipinski definition) is 1. The summed E-state index contributed by atoms with van der Waals surface area (Å²) in [4.78, 5) is 22.1. The average molecular weight is 245 g/mol. The Morgan fingerprint density at radius 3 is 3.17 bits per heavy atom. The van der Waals surface area contributed by atoms with E-state index in [-0.39, 0.29) is 34.6 Å². The number of amides is 1. The molecule has 0 spiro atoms. The molecule has 3 rings (SSSR count). The number of nitrogens with one attached hydrogen (secondary N) is 1. The molecular weight excluding hydrogens is 228 g/mol. The van der Waals surface area contributed by atoms with Crippen LogP contribution in [0.5, 0.6) is 0 Å². The Balaban J connectivity index is 2.38. The molecule has 0 saturated carbocycles. The van der Waals surface area contributed by atoms with Crippen LogP contribution in [0.2, 0.25) is 1.41 Å². The summed E-state index contributed by atoms with van der Waals surface area (Å²) >= 11 is 0. The van der Waals surface area contributed by atoms with Crippen LogP contribution in [0, 0.1) is 6.85 Å². The Hall–Kier alpha value is -2.43. The molecule has 0 atom stereocenters. The van der Waals surface area contributed by atoms with Crippen LogP contribution in [-0.4, -0.2) is 22.9 Å². The summed E-state index contributed by atoms with van der Waals surface area (Å²) in [7, 11) is 1.56. The maximum absolute atomic E-state index is 12.5. The third kappa shape index (κ3) is 1.44. The summed E-state index contributed by atoms with van der Waals surface area (Å²) in [6, 6.07) is 4.12. The fourth-order valence-corrected chi connectivity index (χ4v) is 1.84. The molecule has 3 heterocycles. The molecule has 1 aliphatic heterocycles. The molecule has 0 bridgehead atoms. The number of nitrogens with zero attached hydrogens (tertiary/aromatic N) is 3. The molecule has 1 amide bonds. The zero-order chi connectivity index (χ0) is 16.9. The Morgan fingerprint density at radius 1 is 1.44 bits per heavy atom. The number of aromatic nitrogens is 2. The van der Waals surface area contributed by atoms with Gasteiger partial charge in [0.1, 0.15) is 5.82 Å². The van der Waals surface area contributed by atoms with Crippen molar-refractivity contribution in [3.05, 3.63) is 41.7 Å². The lowest BCUT2D eigenvalue weighted by Gasteiger charge is -2.18. The Labute approximate surface area is 112 Å². The monoisotopic (exact) mass is 245 g/mol. The molecule has 5 nitrogen and oxygen atoms in total. The van der Waals surface area contributed by atoms with E-state index in [0.717, 1.165) is 6.07 Å². The first kappa shape index (κ1) is 6.49. The lowest BCUT2D eigenvalue weighted by Crippen LogP contribution is -2.14. The molecule has 18 heavy (non-hydrogen) atoms. The summed E-state index contributed by atoms with van der Waals surface area (Å²) in [5.41, 5.74) is -0.270. The molecule has 0 unspecified atom stereocenters. The second-order valence-electron chi connectivity index (χ2n) is 3.82. The van der Waals surface area contributed by atoms with Crippen molar-refractivity contribution in [2.45, 2.75) is 6.85 Å². The van der Waals surface area contributed by atoms with Crippen LogP contribution in [0.15, 0.2) is 30.6 Å². The first-order valence-electron chi connectivity index (χ1n) is 7.70. The first-order valence-corrected chi connectivity index (χ1v) is 5.26. The third-order valence-electron chi connectivity index (χ3n) is 2.71. The third-order valence-corrected chi connectivity index (χ3v) is 2.71. The fraction of sp³-hybridized carbons (Fsp3) is 0.154. The van der Waals surface area contributed by atoms with Crippen molar-refractivity contribution in [3.63, 3.8) is 0 Å². The van der Waals surface area contributed by atoms with Gasteiger partial charge in [-0.15, -0.1) is 0 Å². The fourth-order valence-electron chi connectivity index (χ4n) is 1.84. The molecule has 1 N–H and O–H groups in total. The van der Waals surface area contributed by atoms with Gasteiger partial charge in [0.25, 0.3) is 5.91 Å². The van der Waals surface area contributed by atoms with Gasteiger partial charge in [0.2, 0.25) is 0 Å². The SMILES string of the molecule is [2H]c1cc(C([2H])([2H])[2H])c2c(n1)N(C)c1ncccc1C(=O)N2[2H]. The molecule has 0 aromatic carbocycles. The normalized spacial score (nSPS) is 18.7. The molecule has 0 radical (unpaired) electrons. The minimum Gasteiger partial charge on any atom is -0.318 e. The average Bonchev–Trinajstić information content (AvgIpc) is 2.57. The van der Waals surface area contributed by atoms with Gasteiger partial charge in [-0.1, -0.05) is 0 Å². The van der Waals surface area contributed by atoms with Gasteiger partial charge in [0.05, 0.1) is 12.6 Å². The maximum atomic E-state index is 12.5. The van der Waals surface area contributed by atoms with Gasteiger partial charge in [-0.25, -0.2) is 9.97 Å². The molecular formula is C13H12N4O. The van der Waals surface area contributed by atoms with E-state index in [1.807, 2.05) is 0 Å². The number of anilines is 3. The minimum absolute atomic E-state index is 0.0319. The maximum Gasteiger partial charge on any atom is 0.259 e. The zero-order valence-corrected chi connectivity index (χ0v) is 9.51. The summed E-state index contributed by atoms with van der Waals surface area (Å²) < 4.78 is 38.7. The van der Waals surface area contributed by atoms with Crippen molar-refractivity contribution >= 4 is 23.2 Å². The topological polar surface area (TPSA) is 58.1 Å². The zero-order valence-electron chi connectivity index (χ0n) is 14.5. The van der Waals surface area contributed by atoms with E-state index in [4.69, 9.17) is 6.89 Å². The lowest BCUT2D eigenvalue weighted by atomic mass is 10.2. The van der Waals surface area contributed by atoms with Gasteiger partial charge in [-0.3, -0.25) is 4.79 Å². The van der Waals surface area contributed by atoms with Crippen LogP contribution >= 0.6 is 0 Å². The van der Waals surface area contributed by atoms with Crippen molar-refractivity contribution < 1.29 is 11.7 Å². The summed E-state index contributed by atoms with van der Waals surface area (Å²) in [5, 5.41) is 0.507. The van der Waals surface area contributed by atoms with Crippen molar-refractivity contribution in [1.82, 2.24) is 9.97 Å². The minimum atomic E-state index is -2.59. The number of fused-ring (bicyclic) bond motifs is 2. The van der Waals surface area contributed by atoms with Crippen molar-refractivity contribution in [3.8, 4) is 0 Å². The van der Waals surface area contributed by atoms with E-state index in [2.05, 4.69) is 9.97 Å². The van der Waals surface area contributed by atoms with Crippen LogP contribution < -0.4 is 10.2 Å². The van der Waals surface area contributed by atoms with Gasteiger partial charge in [-0.2, -0.15) is 0 Å². The van der Waals surface area contributed by atoms with Gasteiger partial charge in [-0.05, 0) is 30.6 Å². The number of rotatable bonds is 0. The Kier molecular flexibility index (Phi) is 1.37. The lowest BCUT2D eigenvalue weighted by molar-refractivity contribution is 0.102. The van der Waals surface area contributed by atoms with E-state index >= 15 is 0 Å². The summed E-state index contributed by atoms with van der Waals surface area (Å²) in [5.74, 6) is -0.420. The highest BCUT2D eigenvalue weighted by Crippen LogP contribution is 2.35. The van der Waals surface area contributed by atoms with E-state index in [1.165, 1.54) is 17.2 Å². The van der Waals surface area contributed by atoms with E-state index in [9.17, 15) is 4.79 Å². The molecule has 0 saturated heterocycles. The van der Waals surface area contributed by atoms with Gasteiger partial charge >= 0.3 is 0 Å². The Morgan fingerprint density at radius 2 is 2.33 bits per heavy atom. The van der Waals surface area contributed by atoms with Crippen molar-refractivity contribution in [1.29, 1.82) is 0 Å². The number of hydrogen-bond acceptors (Lipinski definition) is 4. The number of pyridine rings is 2. The highest BCUT2D eigenvalue weighted by atomic mass is 16.1. The number of carbonyl (C=O) groups is 1. The predicted molar refractivity (Wildman–Crippen MR) is 69.2 cm³/mol. The summed E-state index contributed by atoms with van der Waals surface area (Å²) in [6.07, 6.45) is 1.22. The molecule has 0 fully saturated rings. The van der Waals surface area contributed by atoms with Gasteiger partial charge in [0.15, 0.2) is 7.23 Å². The quantitative estimate of drug-likeness (QED) is 0.772. The first-order chi connectivity index (χ1) is 10.7. The van der Waals surface area contributed by atoms with Crippen LogP contribution in [0.4, 0.5) is 17.3 Å². The Bertz CT molecular complexity index is 807. The standard InChI is InChI=1S/C13H12N4O/c1-8-5-7-15-12-10(8)16-13(18)9-4-3-6-14-11(9)17(12)2/h3-7H,1-2H3,(H,16,18)/i1D3,7D/hD. The second-order valence-corrected chi connectivity index (χ2v) is 3.82. The molecule has 2 aromatic heterocycles. The predicted octanol–water partition coefficient (Wildman–Crippen LogP) is 2.12. The van der Waals surface area contributed by atoms with E-state index < -0.39 is 12.8 Å². The number of carbonyl (C=O) groups excluding carboxylic acids is 1. The van der Waals surface area contributed by atoms with Gasteiger partial charge in [0, 0.05) is 23.5 Å². The van der Waals surface area contributed by atoms with Crippen molar-refractivity contribution in [2.75, 3.05) is 17.3 Å². The highest BCUT2D eigenvalue weighted by Gasteiger charge is 2.25. The number of aryl methyl sites for hydroxylation is 1. The molecule has 2 aromatic rings. The largest absolute Gasteiger partial charge is 0.318 e. The van der Waals surface area contributed by atoms with E-state index in [0.29, 0.717) is 5.31 Å². The smallest absolute Gasteiger partial charge is 0.259 e. The summed E-state index contributed by atoms with van der Waals surface area (Å²) in [6.45, 7) is -2.59. The van der Waals surface area contributed by atoms with Crippen LogP contribution in [-0.2, 0) is 0 Å². The van der Waals surface area contributed by atoms with Crippen molar-refractivity contribution in [2.24, 2.45) is 0 Å².